The number of hydrogen-bond donors (Lipinski definition) is 1. The number of carbonyl (C=O) groups is 1. The Hall–Kier alpha value is -0.530. The van der Waals surface area contributed by atoms with Gasteiger partial charge in [0, 0.05) is 0 Å². The van der Waals surface area contributed by atoms with E-state index in [9.17, 15) is 9.90 Å². The summed E-state index contributed by atoms with van der Waals surface area (Å²) in [6.07, 6.45) is 11.1. The first-order chi connectivity index (χ1) is 7.21. The van der Waals surface area contributed by atoms with Crippen LogP contribution < -0.4 is 0 Å². The topological polar surface area (TPSA) is 37.3 Å². The maximum Gasteiger partial charge on any atom is 0.309 e. The highest BCUT2D eigenvalue weighted by Crippen LogP contribution is 2.42. The van der Waals surface area contributed by atoms with E-state index < -0.39 is 5.97 Å². The van der Waals surface area contributed by atoms with Gasteiger partial charge in [-0.05, 0) is 19.3 Å². The van der Waals surface area contributed by atoms with Gasteiger partial charge < -0.3 is 5.11 Å². The predicted molar refractivity (Wildman–Crippen MR) is 61.9 cm³/mol. The normalized spacial score (nSPS) is 19.3. The van der Waals surface area contributed by atoms with Gasteiger partial charge in [0.15, 0.2) is 0 Å². The van der Waals surface area contributed by atoms with E-state index in [4.69, 9.17) is 0 Å². The molecule has 0 aromatic rings. The highest BCUT2D eigenvalue weighted by molar-refractivity contribution is 5.74. The maximum atomic E-state index is 11.2. The number of rotatable bonds is 7. The molecule has 1 aliphatic rings. The second-order valence-electron chi connectivity index (χ2n) is 4.96. The van der Waals surface area contributed by atoms with Crippen LogP contribution in [0.2, 0.25) is 0 Å². The third kappa shape index (κ3) is 3.51. The Morgan fingerprint density at radius 1 is 1.13 bits per heavy atom. The Labute approximate surface area is 93.1 Å². The second kappa shape index (κ2) is 6.14. The average Bonchev–Trinajstić information content (AvgIpc) is 2.67. The summed E-state index contributed by atoms with van der Waals surface area (Å²) in [5.74, 6) is -0.546. The SMILES string of the molecule is CCCCCCCC1(C(=O)O)CCCC1. The number of hydrogen-bond acceptors (Lipinski definition) is 1. The largest absolute Gasteiger partial charge is 0.481 e. The molecule has 0 aromatic carbocycles. The summed E-state index contributed by atoms with van der Waals surface area (Å²) in [5, 5.41) is 9.27. The number of aliphatic carboxylic acids is 1. The summed E-state index contributed by atoms with van der Waals surface area (Å²) >= 11 is 0. The van der Waals surface area contributed by atoms with Crippen LogP contribution in [0.5, 0.6) is 0 Å². The van der Waals surface area contributed by atoms with Crippen LogP contribution in [0.3, 0.4) is 0 Å². The highest BCUT2D eigenvalue weighted by Gasteiger charge is 2.40. The summed E-state index contributed by atoms with van der Waals surface area (Å²) in [6, 6.07) is 0. The molecule has 0 bridgehead atoms. The molecule has 0 spiro atoms. The smallest absolute Gasteiger partial charge is 0.309 e. The summed E-state index contributed by atoms with van der Waals surface area (Å²) in [4.78, 5) is 11.2. The average molecular weight is 212 g/mol. The van der Waals surface area contributed by atoms with E-state index in [0.29, 0.717) is 0 Å². The monoisotopic (exact) mass is 212 g/mol. The Morgan fingerprint density at radius 2 is 1.73 bits per heavy atom. The lowest BCUT2D eigenvalue weighted by molar-refractivity contribution is -0.149. The lowest BCUT2D eigenvalue weighted by atomic mass is 9.81. The molecule has 0 unspecified atom stereocenters. The van der Waals surface area contributed by atoms with E-state index >= 15 is 0 Å². The van der Waals surface area contributed by atoms with Crippen molar-refractivity contribution in [3.63, 3.8) is 0 Å². The van der Waals surface area contributed by atoms with E-state index in [2.05, 4.69) is 6.92 Å². The van der Waals surface area contributed by atoms with Gasteiger partial charge in [0.05, 0.1) is 5.41 Å². The Kier molecular flexibility index (Phi) is 5.13. The minimum absolute atomic E-state index is 0.341. The molecule has 0 aliphatic heterocycles. The lowest BCUT2D eigenvalue weighted by Crippen LogP contribution is -2.27. The van der Waals surface area contributed by atoms with Crippen molar-refractivity contribution in [1.29, 1.82) is 0 Å². The molecule has 0 amide bonds. The zero-order valence-electron chi connectivity index (χ0n) is 9.93. The Morgan fingerprint density at radius 3 is 2.27 bits per heavy atom. The number of carboxylic acids is 1. The van der Waals surface area contributed by atoms with Gasteiger partial charge in [-0.2, -0.15) is 0 Å². The zero-order valence-corrected chi connectivity index (χ0v) is 9.93. The fraction of sp³-hybridized carbons (Fsp3) is 0.923. The summed E-state index contributed by atoms with van der Waals surface area (Å²) in [6.45, 7) is 2.20. The van der Waals surface area contributed by atoms with Gasteiger partial charge in [0.1, 0.15) is 0 Å². The molecule has 15 heavy (non-hydrogen) atoms. The number of unbranched alkanes of at least 4 members (excludes halogenated alkanes) is 4. The van der Waals surface area contributed by atoms with Gasteiger partial charge in [-0.25, -0.2) is 0 Å². The van der Waals surface area contributed by atoms with Crippen LogP contribution in [0, 0.1) is 5.41 Å². The minimum Gasteiger partial charge on any atom is -0.481 e. The molecule has 1 aliphatic carbocycles. The maximum absolute atomic E-state index is 11.2. The van der Waals surface area contributed by atoms with Crippen LogP contribution in [0.25, 0.3) is 0 Å². The molecule has 0 aromatic heterocycles. The van der Waals surface area contributed by atoms with Crippen LogP contribution in [-0.4, -0.2) is 11.1 Å². The molecule has 0 saturated heterocycles. The first-order valence-electron chi connectivity index (χ1n) is 6.45. The van der Waals surface area contributed by atoms with E-state index in [1.807, 2.05) is 0 Å². The van der Waals surface area contributed by atoms with Gasteiger partial charge in [0.2, 0.25) is 0 Å². The van der Waals surface area contributed by atoms with Crippen molar-refractivity contribution >= 4 is 5.97 Å². The highest BCUT2D eigenvalue weighted by atomic mass is 16.4. The van der Waals surface area contributed by atoms with Gasteiger partial charge >= 0.3 is 5.97 Å². The molecular formula is C13H24O2. The van der Waals surface area contributed by atoms with E-state index in [1.54, 1.807) is 0 Å². The lowest BCUT2D eigenvalue weighted by Gasteiger charge is -2.23. The van der Waals surface area contributed by atoms with E-state index in [1.165, 1.54) is 25.7 Å². The molecule has 88 valence electrons. The quantitative estimate of drug-likeness (QED) is 0.648. The molecule has 0 heterocycles. The van der Waals surface area contributed by atoms with Crippen molar-refractivity contribution < 1.29 is 9.90 Å². The fourth-order valence-corrected chi connectivity index (χ4v) is 2.69. The third-order valence-electron chi connectivity index (χ3n) is 3.77. The van der Waals surface area contributed by atoms with Crippen molar-refractivity contribution in [1.82, 2.24) is 0 Å². The molecule has 0 atom stereocenters. The van der Waals surface area contributed by atoms with Crippen LogP contribution in [0.1, 0.15) is 71.1 Å². The molecule has 1 saturated carbocycles. The van der Waals surface area contributed by atoms with Crippen LogP contribution in [0.15, 0.2) is 0 Å². The molecule has 1 rings (SSSR count). The van der Waals surface area contributed by atoms with E-state index in [-0.39, 0.29) is 5.41 Å². The van der Waals surface area contributed by atoms with Crippen molar-refractivity contribution in [3.05, 3.63) is 0 Å². The summed E-state index contributed by atoms with van der Waals surface area (Å²) in [5.41, 5.74) is -0.341. The van der Waals surface area contributed by atoms with Gasteiger partial charge in [-0.1, -0.05) is 51.9 Å². The molecule has 0 radical (unpaired) electrons. The summed E-state index contributed by atoms with van der Waals surface area (Å²) in [7, 11) is 0. The van der Waals surface area contributed by atoms with Gasteiger partial charge in [-0.15, -0.1) is 0 Å². The molecular weight excluding hydrogens is 188 g/mol. The zero-order chi connectivity index (χ0) is 11.1. The second-order valence-corrected chi connectivity index (χ2v) is 4.96. The Balaban J connectivity index is 2.24. The minimum atomic E-state index is -0.546. The molecule has 1 N–H and O–H groups in total. The van der Waals surface area contributed by atoms with Crippen molar-refractivity contribution in [2.45, 2.75) is 71.1 Å². The Bertz CT molecular complexity index is 193. The van der Waals surface area contributed by atoms with Crippen LogP contribution in [0.4, 0.5) is 0 Å². The molecule has 1 fully saturated rings. The van der Waals surface area contributed by atoms with E-state index in [0.717, 1.165) is 38.5 Å². The van der Waals surface area contributed by atoms with Gasteiger partial charge in [0.25, 0.3) is 0 Å². The van der Waals surface area contributed by atoms with Crippen molar-refractivity contribution in [3.8, 4) is 0 Å². The molecule has 2 heteroatoms. The fourth-order valence-electron chi connectivity index (χ4n) is 2.69. The van der Waals surface area contributed by atoms with Crippen LogP contribution in [-0.2, 0) is 4.79 Å². The first kappa shape index (κ1) is 12.5. The van der Waals surface area contributed by atoms with Crippen LogP contribution >= 0.6 is 0 Å². The van der Waals surface area contributed by atoms with Crippen molar-refractivity contribution in [2.75, 3.05) is 0 Å². The third-order valence-corrected chi connectivity index (χ3v) is 3.77. The molecule has 2 nitrogen and oxygen atoms in total. The summed E-state index contributed by atoms with van der Waals surface area (Å²) < 4.78 is 0. The van der Waals surface area contributed by atoms with Crippen molar-refractivity contribution in [2.24, 2.45) is 5.41 Å². The predicted octanol–water partition coefficient (Wildman–Crippen LogP) is 3.99. The first-order valence-corrected chi connectivity index (χ1v) is 6.45. The standard InChI is InChI=1S/C13H24O2/c1-2-3-4-5-6-9-13(12(14)15)10-7-8-11-13/h2-11H2,1H3,(H,14,15). The van der Waals surface area contributed by atoms with Gasteiger partial charge in [-0.3, -0.25) is 4.79 Å². The number of carboxylic acid groups (broad SMARTS) is 1.